The molecule has 12 heteroatoms. The molecule has 4 heterocycles. The molecule has 3 aromatic rings. The van der Waals surface area contributed by atoms with Crippen LogP contribution in [0.5, 0.6) is 11.5 Å². The summed E-state index contributed by atoms with van der Waals surface area (Å²) in [5.41, 5.74) is 1.64. The number of ether oxygens (including phenoxy) is 4. The van der Waals surface area contributed by atoms with Gasteiger partial charge in [0.2, 0.25) is 22.8 Å². The molecule has 0 saturated carbocycles. The zero-order valence-corrected chi connectivity index (χ0v) is 19.6. The predicted molar refractivity (Wildman–Crippen MR) is 126 cm³/mol. The van der Waals surface area contributed by atoms with Gasteiger partial charge in [0.05, 0.1) is 41.5 Å². The van der Waals surface area contributed by atoms with Crippen molar-refractivity contribution in [1.29, 1.82) is 5.26 Å². The second-order valence-corrected chi connectivity index (χ2v) is 10.2. The summed E-state index contributed by atoms with van der Waals surface area (Å²) < 4.78 is 51.2. The predicted octanol–water partition coefficient (Wildman–Crippen LogP) is 1.67. The van der Waals surface area contributed by atoms with Crippen LogP contribution < -0.4 is 19.5 Å². The van der Waals surface area contributed by atoms with Crippen molar-refractivity contribution in [3.63, 3.8) is 0 Å². The highest BCUT2D eigenvalue weighted by Gasteiger charge is 2.49. The van der Waals surface area contributed by atoms with Crippen LogP contribution in [0, 0.1) is 11.3 Å². The molecule has 4 atom stereocenters. The van der Waals surface area contributed by atoms with Gasteiger partial charge in [-0.2, -0.15) is 5.26 Å². The van der Waals surface area contributed by atoms with Crippen LogP contribution in [0.4, 0.5) is 5.95 Å². The van der Waals surface area contributed by atoms with E-state index in [4.69, 9.17) is 18.9 Å². The highest BCUT2D eigenvalue weighted by molar-refractivity contribution is 7.89. The number of nitrogens with zero attached hydrogens (tertiary/aromatic N) is 3. The molecule has 1 aromatic heterocycles. The summed E-state index contributed by atoms with van der Waals surface area (Å²) in [5, 5.41) is 12.5. The number of anilines is 1. The molecule has 36 heavy (non-hydrogen) atoms. The van der Waals surface area contributed by atoms with Gasteiger partial charge in [0, 0.05) is 11.8 Å². The third-order valence-corrected chi connectivity index (χ3v) is 7.84. The van der Waals surface area contributed by atoms with Gasteiger partial charge < -0.3 is 24.3 Å². The molecule has 2 fully saturated rings. The number of rotatable bonds is 6. The number of hydrogen-bond donors (Lipinski definition) is 2. The van der Waals surface area contributed by atoms with Gasteiger partial charge >= 0.3 is 0 Å². The molecule has 184 valence electrons. The second kappa shape index (κ2) is 9.03. The molecular formula is C24H21N5O6S. The Hall–Kier alpha value is -3.76. The lowest BCUT2D eigenvalue weighted by molar-refractivity contribution is 0.0690. The molecule has 0 unspecified atom stereocenters. The maximum atomic E-state index is 12.9. The van der Waals surface area contributed by atoms with Crippen LogP contribution in [0.15, 0.2) is 59.6 Å². The molecule has 0 spiro atoms. The average Bonchev–Trinajstić information content (AvgIpc) is 3.62. The fourth-order valence-electron chi connectivity index (χ4n) is 4.59. The Labute approximate surface area is 207 Å². The van der Waals surface area contributed by atoms with Gasteiger partial charge in [-0.3, -0.25) is 0 Å². The molecular weight excluding hydrogens is 486 g/mol. The van der Waals surface area contributed by atoms with Crippen molar-refractivity contribution in [1.82, 2.24) is 14.7 Å². The topological polar surface area (TPSA) is 145 Å². The first kappa shape index (κ1) is 22.7. The molecule has 3 aliphatic rings. The van der Waals surface area contributed by atoms with Gasteiger partial charge in [0.15, 0.2) is 11.5 Å². The summed E-state index contributed by atoms with van der Waals surface area (Å²) in [6.45, 7) is 0.626. The van der Waals surface area contributed by atoms with Gasteiger partial charge in [0.1, 0.15) is 18.3 Å². The fraction of sp³-hybridized carbons (Fsp3) is 0.292. The first-order chi connectivity index (χ1) is 17.5. The van der Waals surface area contributed by atoms with Gasteiger partial charge in [-0.25, -0.2) is 23.1 Å². The Kier molecular flexibility index (Phi) is 5.69. The van der Waals surface area contributed by atoms with E-state index in [0.717, 1.165) is 5.56 Å². The number of aromatic nitrogens is 2. The van der Waals surface area contributed by atoms with Gasteiger partial charge in [0.25, 0.3) is 0 Å². The van der Waals surface area contributed by atoms with Crippen LogP contribution in [-0.4, -0.2) is 62.7 Å². The third-order valence-electron chi connectivity index (χ3n) is 6.30. The maximum absolute atomic E-state index is 12.9. The lowest BCUT2D eigenvalue weighted by atomic mass is 10.1. The van der Waals surface area contributed by atoms with Crippen molar-refractivity contribution >= 4 is 16.0 Å². The van der Waals surface area contributed by atoms with E-state index in [1.807, 2.05) is 24.3 Å². The van der Waals surface area contributed by atoms with E-state index in [0.29, 0.717) is 29.7 Å². The molecule has 2 N–H and O–H groups in total. The Morgan fingerprint density at radius 3 is 2.61 bits per heavy atom. The Bertz CT molecular complexity index is 1460. The van der Waals surface area contributed by atoms with Gasteiger partial charge in [-0.05, 0) is 36.4 Å². The normalized spacial score (nSPS) is 24.3. The van der Waals surface area contributed by atoms with Gasteiger partial charge in [-0.1, -0.05) is 12.1 Å². The van der Waals surface area contributed by atoms with Crippen LogP contribution in [0.1, 0.15) is 5.56 Å². The van der Waals surface area contributed by atoms with E-state index in [1.54, 1.807) is 24.4 Å². The zero-order chi connectivity index (χ0) is 24.7. The van der Waals surface area contributed by atoms with Gasteiger partial charge in [-0.15, -0.1) is 0 Å². The minimum absolute atomic E-state index is 0.0719. The summed E-state index contributed by atoms with van der Waals surface area (Å²) in [7, 11) is -3.94. The lowest BCUT2D eigenvalue weighted by Gasteiger charge is -2.19. The SMILES string of the molecule is N#Cc1ccccc1S(=O)(=O)N[C@@H]1CO[C@@H]2[C@@H]1OC[C@@H]2Nc1nccc(-c2ccc3c(c2)OCO3)n1. The summed E-state index contributed by atoms with van der Waals surface area (Å²) in [6.07, 6.45) is 0.756. The van der Waals surface area contributed by atoms with Crippen molar-refractivity contribution in [3.05, 3.63) is 60.3 Å². The van der Waals surface area contributed by atoms with Crippen LogP contribution in [-0.2, 0) is 19.5 Å². The van der Waals surface area contributed by atoms with Crippen molar-refractivity contribution in [2.45, 2.75) is 29.2 Å². The molecule has 11 nitrogen and oxygen atoms in total. The second-order valence-electron chi connectivity index (χ2n) is 8.52. The molecule has 2 saturated heterocycles. The van der Waals surface area contributed by atoms with Crippen molar-refractivity contribution in [3.8, 4) is 28.8 Å². The molecule has 3 aliphatic heterocycles. The van der Waals surface area contributed by atoms with Crippen molar-refractivity contribution in [2.24, 2.45) is 0 Å². The number of fused-ring (bicyclic) bond motifs is 2. The van der Waals surface area contributed by atoms with Crippen LogP contribution in [0.3, 0.4) is 0 Å². The van der Waals surface area contributed by atoms with Crippen LogP contribution in [0.2, 0.25) is 0 Å². The molecule has 0 aliphatic carbocycles. The van der Waals surface area contributed by atoms with E-state index < -0.39 is 28.3 Å². The Morgan fingerprint density at radius 1 is 0.972 bits per heavy atom. The summed E-state index contributed by atoms with van der Waals surface area (Å²) in [6, 6.07) is 14.5. The minimum atomic E-state index is -3.94. The third kappa shape index (κ3) is 4.12. The highest BCUT2D eigenvalue weighted by atomic mass is 32.2. The number of nitrogens with one attached hydrogen (secondary N) is 2. The van der Waals surface area contributed by atoms with E-state index >= 15 is 0 Å². The Morgan fingerprint density at radius 2 is 1.75 bits per heavy atom. The monoisotopic (exact) mass is 507 g/mol. The number of hydrogen-bond acceptors (Lipinski definition) is 10. The largest absolute Gasteiger partial charge is 0.454 e. The summed E-state index contributed by atoms with van der Waals surface area (Å²) in [5.74, 6) is 1.76. The molecule has 0 radical (unpaired) electrons. The first-order valence-corrected chi connectivity index (χ1v) is 12.7. The minimum Gasteiger partial charge on any atom is -0.454 e. The molecule has 0 amide bonds. The number of nitriles is 1. The lowest BCUT2D eigenvalue weighted by Crippen LogP contribution is -2.44. The quantitative estimate of drug-likeness (QED) is 0.505. The standard InChI is InChI=1S/C24H21N5O6S/c25-10-15-3-1-2-4-21(15)36(30,31)29-18-12-33-22-17(11-32-23(18)22)28-24-26-8-7-16(27-24)14-5-6-19-20(9-14)35-13-34-19/h1-9,17-18,22-23,29H,11-13H2,(H,26,27,28)/t17-,18+,22-,23+/m0/s1. The van der Waals surface area contributed by atoms with Crippen LogP contribution in [0.25, 0.3) is 11.3 Å². The Balaban J connectivity index is 1.15. The number of benzene rings is 2. The smallest absolute Gasteiger partial charge is 0.242 e. The van der Waals surface area contributed by atoms with Crippen molar-refractivity contribution in [2.75, 3.05) is 25.3 Å². The van der Waals surface area contributed by atoms with Crippen LogP contribution >= 0.6 is 0 Å². The summed E-state index contributed by atoms with van der Waals surface area (Å²) in [4.78, 5) is 8.86. The fourth-order valence-corrected chi connectivity index (χ4v) is 5.98. The van der Waals surface area contributed by atoms with E-state index in [9.17, 15) is 13.7 Å². The highest BCUT2D eigenvalue weighted by Crippen LogP contribution is 2.36. The first-order valence-electron chi connectivity index (χ1n) is 11.3. The zero-order valence-electron chi connectivity index (χ0n) is 18.8. The van der Waals surface area contributed by atoms with E-state index in [-0.39, 0.29) is 29.9 Å². The summed E-state index contributed by atoms with van der Waals surface area (Å²) >= 11 is 0. The molecule has 0 bridgehead atoms. The van der Waals surface area contributed by atoms with Crippen molar-refractivity contribution < 1.29 is 27.4 Å². The average molecular weight is 508 g/mol. The maximum Gasteiger partial charge on any atom is 0.242 e. The van der Waals surface area contributed by atoms with E-state index in [1.165, 1.54) is 12.1 Å². The van der Waals surface area contributed by atoms with E-state index in [2.05, 4.69) is 20.0 Å². The molecule has 2 aromatic carbocycles. The number of sulfonamides is 1. The molecule has 6 rings (SSSR count).